The van der Waals surface area contributed by atoms with Crippen LogP contribution in [0.4, 0.5) is 5.82 Å². The second-order valence-corrected chi connectivity index (χ2v) is 2.64. The highest BCUT2D eigenvalue weighted by Gasteiger charge is 2.07. The summed E-state index contributed by atoms with van der Waals surface area (Å²) in [6, 6.07) is 1.64. The molecule has 13 heavy (non-hydrogen) atoms. The molecule has 5 nitrogen and oxygen atoms in total. The minimum absolute atomic E-state index is 0.359. The van der Waals surface area contributed by atoms with Gasteiger partial charge in [0.1, 0.15) is 6.33 Å². The maximum atomic E-state index is 5.42. The Kier molecular flexibility index (Phi) is 1.70. The van der Waals surface area contributed by atoms with Crippen LogP contribution in [-0.4, -0.2) is 15.1 Å². The number of nitrogens with two attached hydrogens (primary N) is 1. The van der Waals surface area contributed by atoms with Crippen LogP contribution in [0.2, 0.25) is 0 Å². The SMILES string of the molecule is Cc1ncncc1-c1cc(N)no1. The molecule has 2 heterocycles. The van der Waals surface area contributed by atoms with Crippen molar-refractivity contribution in [3.63, 3.8) is 0 Å². The van der Waals surface area contributed by atoms with E-state index in [2.05, 4.69) is 15.1 Å². The molecule has 0 amide bonds. The van der Waals surface area contributed by atoms with Crippen molar-refractivity contribution in [2.75, 3.05) is 5.73 Å². The number of aryl methyl sites for hydroxylation is 1. The van der Waals surface area contributed by atoms with Gasteiger partial charge in [-0.25, -0.2) is 9.97 Å². The van der Waals surface area contributed by atoms with Gasteiger partial charge in [-0.2, -0.15) is 0 Å². The van der Waals surface area contributed by atoms with E-state index in [4.69, 9.17) is 10.3 Å². The molecule has 0 aliphatic heterocycles. The summed E-state index contributed by atoms with van der Waals surface area (Å²) in [6.07, 6.45) is 3.15. The summed E-state index contributed by atoms with van der Waals surface area (Å²) >= 11 is 0. The van der Waals surface area contributed by atoms with Gasteiger partial charge >= 0.3 is 0 Å². The molecule has 5 heteroatoms. The summed E-state index contributed by atoms with van der Waals surface area (Å²) in [5, 5.41) is 3.58. The predicted molar refractivity (Wildman–Crippen MR) is 46.7 cm³/mol. The topological polar surface area (TPSA) is 77.8 Å². The zero-order valence-electron chi connectivity index (χ0n) is 7.06. The van der Waals surface area contributed by atoms with Gasteiger partial charge in [0.25, 0.3) is 0 Å². The standard InChI is InChI=1S/C8H8N4O/c1-5-6(3-10-4-11-5)7-2-8(9)12-13-7/h2-4H,1H3,(H2,9,12). The second kappa shape index (κ2) is 2.85. The van der Waals surface area contributed by atoms with Crippen LogP contribution in [0.1, 0.15) is 5.69 Å². The highest BCUT2D eigenvalue weighted by molar-refractivity contribution is 5.60. The average Bonchev–Trinajstić information content (AvgIpc) is 2.53. The summed E-state index contributed by atoms with van der Waals surface area (Å²) in [4.78, 5) is 7.92. The summed E-state index contributed by atoms with van der Waals surface area (Å²) in [5.41, 5.74) is 7.07. The van der Waals surface area contributed by atoms with Gasteiger partial charge in [0, 0.05) is 12.3 Å². The monoisotopic (exact) mass is 176 g/mol. The fourth-order valence-corrected chi connectivity index (χ4v) is 1.05. The van der Waals surface area contributed by atoms with E-state index in [1.165, 1.54) is 6.33 Å². The van der Waals surface area contributed by atoms with Crippen LogP contribution in [0, 0.1) is 6.92 Å². The minimum atomic E-state index is 0.359. The lowest BCUT2D eigenvalue weighted by Crippen LogP contribution is -1.87. The summed E-state index contributed by atoms with van der Waals surface area (Å²) in [5.74, 6) is 0.953. The Balaban J connectivity index is 2.52. The highest BCUT2D eigenvalue weighted by atomic mass is 16.5. The van der Waals surface area contributed by atoms with Crippen LogP contribution in [-0.2, 0) is 0 Å². The van der Waals surface area contributed by atoms with Crippen LogP contribution in [0.3, 0.4) is 0 Å². The van der Waals surface area contributed by atoms with Crippen molar-refractivity contribution in [2.45, 2.75) is 6.92 Å². The van der Waals surface area contributed by atoms with E-state index in [0.717, 1.165) is 11.3 Å². The van der Waals surface area contributed by atoms with Gasteiger partial charge in [0.2, 0.25) is 0 Å². The lowest BCUT2D eigenvalue weighted by Gasteiger charge is -1.96. The van der Waals surface area contributed by atoms with Crippen molar-refractivity contribution in [2.24, 2.45) is 0 Å². The number of rotatable bonds is 1. The average molecular weight is 176 g/mol. The molecule has 0 unspecified atom stereocenters. The van der Waals surface area contributed by atoms with Crippen molar-refractivity contribution in [1.82, 2.24) is 15.1 Å². The molecule has 0 aromatic carbocycles. The van der Waals surface area contributed by atoms with Crippen molar-refractivity contribution < 1.29 is 4.52 Å². The molecule has 66 valence electrons. The highest BCUT2D eigenvalue weighted by Crippen LogP contribution is 2.21. The molecule has 0 fully saturated rings. The van der Waals surface area contributed by atoms with E-state index in [1.807, 2.05) is 6.92 Å². The van der Waals surface area contributed by atoms with Crippen LogP contribution < -0.4 is 5.73 Å². The number of hydrogen-bond acceptors (Lipinski definition) is 5. The second-order valence-electron chi connectivity index (χ2n) is 2.64. The van der Waals surface area contributed by atoms with E-state index in [-0.39, 0.29) is 0 Å². The summed E-state index contributed by atoms with van der Waals surface area (Å²) < 4.78 is 4.98. The van der Waals surface area contributed by atoms with Crippen molar-refractivity contribution in [3.8, 4) is 11.3 Å². The molecular weight excluding hydrogens is 168 g/mol. The molecule has 0 bridgehead atoms. The zero-order valence-corrected chi connectivity index (χ0v) is 7.06. The quantitative estimate of drug-likeness (QED) is 0.701. The zero-order chi connectivity index (χ0) is 9.26. The molecule has 2 aromatic heterocycles. The Morgan fingerprint density at radius 2 is 2.31 bits per heavy atom. The first-order chi connectivity index (χ1) is 6.27. The number of hydrogen-bond donors (Lipinski definition) is 1. The maximum Gasteiger partial charge on any atom is 0.172 e. The largest absolute Gasteiger partial charge is 0.381 e. The Hall–Kier alpha value is -1.91. The Morgan fingerprint density at radius 3 is 2.92 bits per heavy atom. The number of anilines is 1. The smallest absolute Gasteiger partial charge is 0.172 e. The van der Waals surface area contributed by atoms with Crippen LogP contribution in [0.25, 0.3) is 11.3 Å². The van der Waals surface area contributed by atoms with Crippen LogP contribution in [0.15, 0.2) is 23.1 Å². The first kappa shape index (κ1) is 7.72. The predicted octanol–water partition coefficient (Wildman–Crippen LogP) is 1.02. The fourth-order valence-electron chi connectivity index (χ4n) is 1.05. The molecule has 2 N–H and O–H groups in total. The third-order valence-corrected chi connectivity index (χ3v) is 1.71. The number of aromatic nitrogens is 3. The van der Waals surface area contributed by atoms with Crippen LogP contribution in [0.5, 0.6) is 0 Å². The van der Waals surface area contributed by atoms with Gasteiger partial charge in [-0.05, 0) is 6.92 Å². The van der Waals surface area contributed by atoms with E-state index in [9.17, 15) is 0 Å². The molecule has 0 aliphatic rings. The van der Waals surface area contributed by atoms with Gasteiger partial charge in [-0.1, -0.05) is 5.16 Å². The Labute approximate surface area is 74.6 Å². The summed E-state index contributed by atoms with van der Waals surface area (Å²) in [6.45, 7) is 1.87. The molecular formula is C8H8N4O. The third-order valence-electron chi connectivity index (χ3n) is 1.71. The van der Waals surface area contributed by atoms with Crippen molar-refractivity contribution >= 4 is 5.82 Å². The first-order valence-electron chi connectivity index (χ1n) is 3.76. The third kappa shape index (κ3) is 1.35. The minimum Gasteiger partial charge on any atom is -0.381 e. The summed E-state index contributed by atoms with van der Waals surface area (Å²) in [7, 11) is 0. The van der Waals surface area contributed by atoms with Gasteiger partial charge in [0.05, 0.1) is 11.3 Å². The van der Waals surface area contributed by atoms with Gasteiger partial charge in [0.15, 0.2) is 11.6 Å². The maximum absolute atomic E-state index is 5.42. The van der Waals surface area contributed by atoms with E-state index in [0.29, 0.717) is 11.6 Å². The van der Waals surface area contributed by atoms with Gasteiger partial charge < -0.3 is 10.3 Å². The van der Waals surface area contributed by atoms with Gasteiger partial charge in [-0.15, -0.1) is 0 Å². The first-order valence-corrected chi connectivity index (χ1v) is 3.76. The van der Waals surface area contributed by atoms with Gasteiger partial charge in [-0.3, -0.25) is 0 Å². The molecule has 0 radical (unpaired) electrons. The van der Waals surface area contributed by atoms with Crippen molar-refractivity contribution in [1.29, 1.82) is 0 Å². The lowest BCUT2D eigenvalue weighted by atomic mass is 10.2. The number of nitrogens with zero attached hydrogens (tertiary/aromatic N) is 3. The van der Waals surface area contributed by atoms with Crippen molar-refractivity contribution in [3.05, 3.63) is 24.3 Å². The molecule has 0 saturated heterocycles. The molecule has 0 spiro atoms. The molecule has 0 aliphatic carbocycles. The fraction of sp³-hybridized carbons (Fsp3) is 0.125. The van der Waals surface area contributed by atoms with Crippen LogP contribution >= 0.6 is 0 Å². The molecule has 2 rings (SSSR count). The normalized spacial score (nSPS) is 10.2. The van der Waals surface area contributed by atoms with E-state index >= 15 is 0 Å². The molecule has 0 atom stereocenters. The number of nitrogen functional groups attached to an aromatic ring is 1. The molecule has 0 saturated carbocycles. The Bertz CT molecular complexity index is 424. The lowest BCUT2D eigenvalue weighted by molar-refractivity contribution is 0.435. The van der Waals surface area contributed by atoms with E-state index in [1.54, 1.807) is 12.3 Å². The Morgan fingerprint density at radius 1 is 1.46 bits per heavy atom. The van der Waals surface area contributed by atoms with E-state index < -0.39 is 0 Å². The molecule has 2 aromatic rings.